The normalized spacial score (nSPS) is 26.8. The third-order valence-corrected chi connectivity index (χ3v) is 5.95. The molecule has 128 valence electrons. The molecule has 0 aliphatic carbocycles. The first-order valence-electron chi connectivity index (χ1n) is 8.58. The minimum atomic E-state index is 0.116. The summed E-state index contributed by atoms with van der Waals surface area (Å²) in [5.41, 5.74) is 0.116. The van der Waals surface area contributed by atoms with Gasteiger partial charge in [-0.1, -0.05) is 18.2 Å². The van der Waals surface area contributed by atoms with E-state index in [4.69, 9.17) is 13.9 Å². The number of benzene rings is 1. The second-order valence-corrected chi connectivity index (χ2v) is 7.65. The van der Waals surface area contributed by atoms with Crippen LogP contribution in [0, 0.1) is 0 Å². The van der Waals surface area contributed by atoms with E-state index in [0.717, 1.165) is 43.3 Å². The van der Waals surface area contributed by atoms with Crippen LogP contribution < -0.4 is 10.1 Å². The van der Waals surface area contributed by atoms with E-state index >= 15 is 0 Å². The van der Waals surface area contributed by atoms with E-state index in [1.807, 2.05) is 54.2 Å². The van der Waals surface area contributed by atoms with Crippen LogP contribution in [0.1, 0.15) is 25.0 Å². The zero-order chi connectivity index (χ0) is 16.2. The summed E-state index contributed by atoms with van der Waals surface area (Å²) >= 11 is 2.01. The molecule has 2 aliphatic rings. The van der Waals surface area contributed by atoms with Crippen molar-refractivity contribution in [3.8, 4) is 11.7 Å². The summed E-state index contributed by atoms with van der Waals surface area (Å²) in [7, 11) is 0. The molecule has 1 N–H and O–H groups in total. The molecule has 3 heterocycles. The predicted octanol–water partition coefficient (Wildman–Crippen LogP) is 4.22. The summed E-state index contributed by atoms with van der Waals surface area (Å²) < 4.78 is 17.6. The van der Waals surface area contributed by atoms with E-state index in [1.54, 1.807) is 0 Å². The number of hydrogen-bond donors (Lipinski definition) is 1. The van der Waals surface area contributed by atoms with Crippen LogP contribution in [0.4, 0.5) is 0 Å². The highest BCUT2D eigenvalue weighted by Crippen LogP contribution is 2.38. The third-order valence-electron chi connectivity index (χ3n) is 4.72. The molecule has 24 heavy (non-hydrogen) atoms. The first kappa shape index (κ1) is 16.1. The van der Waals surface area contributed by atoms with Crippen molar-refractivity contribution in [2.75, 3.05) is 18.1 Å². The van der Waals surface area contributed by atoms with E-state index in [2.05, 4.69) is 5.32 Å². The molecule has 2 aliphatic heterocycles. The van der Waals surface area contributed by atoms with Gasteiger partial charge in [0.1, 0.15) is 11.5 Å². The molecule has 2 fully saturated rings. The molecule has 5 heteroatoms. The molecule has 0 bridgehead atoms. The molecule has 1 spiro atoms. The predicted molar refractivity (Wildman–Crippen MR) is 95.7 cm³/mol. The molecule has 0 radical (unpaired) electrons. The Morgan fingerprint density at radius 3 is 2.96 bits per heavy atom. The summed E-state index contributed by atoms with van der Waals surface area (Å²) in [6.45, 7) is 1.59. The van der Waals surface area contributed by atoms with Gasteiger partial charge in [-0.15, -0.1) is 0 Å². The van der Waals surface area contributed by atoms with Gasteiger partial charge in [0.15, 0.2) is 0 Å². The molecule has 1 aromatic carbocycles. The maximum Gasteiger partial charge on any atom is 0.290 e. The van der Waals surface area contributed by atoms with Crippen LogP contribution in [0.2, 0.25) is 0 Å². The van der Waals surface area contributed by atoms with Gasteiger partial charge in [0, 0.05) is 24.5 Å². The Labute approximate surface area is 146 Å². The fraction of sp³-hybridized carbons (Fsp3) is 0.474. The smallest absolute Gasteiger partial charge is 0.290 e. The van der Waals surface area contributed by atoms with Gasteiger partial charge in [0.2, 0.25) is 0 Å². The van der Waals surface area contributed by atoms with Crippen molar-refractivity contribution in [1.82, 2.24) is 5.32 Å². The highest BCUT2D eigenvalue weighted by atomic mass is 32.2. The number of furan rings is 1. The van der Waals surface area contributed by atoms with Gasteiger partial charge in [0.05, 0.1) is 12.1 Å². The topological polar surface area (TPSA) is 43.6 Å². The summed E-state index contributed by atoms with van der Waals surface area (Å²) in [5.74, 6) is 4.60. The minimum Gasteiger partial charge on any atom is -0.429 e. The van der Waals surface area contributed by atoms with Gasteiger partial charge >= 0.3 is 0 Å². The Kier molecular flexibility index (Phi) is 4.83. The SMILES string of the molecule is c1ccc(Oc2ccc(CN[C@@H]3CCO[C@]4(CCSC4)C3)o2)cc1. The lowest BCUT2D eigenvalue weighted by Gasteiger charge is -2.38. The van der Waals surface area contributed by atoms with E-state index in [0.29, 0.717) is 12.0 Å². The average Bonchev–Trinajstić information content (AvgIpc) is 3.24. The van der Waals surface area contributed by atoms with E-state index in [9.17, 15) is 0 Å². The van der Waals surface area contributed by atoms with Gasteiger partial charge in [0.25, 0.3) is 5.95 Å². The number of hydrogen-bond acceptors (Lipinski definition) is 5. The lowest BCUT2D eigenvalue weighted by molar-refractivity contribution is -0.0704. The fourth-order valence-corrected chi connectivity index (χ4v) is 4.80. The summed E-state index contributed by atoms with van der Waals surface area (Å²) in [4.78, 5) is 0. The van der Waals surface area contributed by atoms with Crippen LogP contribution >= 0.6 is 11.8 Å². The van der Waals surface area contributed by atoms with Crippen molar-refractivity contribution >= 4 is 11.8 Å². The second-order valence-electron chi connectivity index (χ2n) is 6.54. The summed E-state index contributed by atoms with van der Waals surface area (Å²) in [6.07, 6.45) is 3.36. The molecule has 2 atom stereocenters. The second kappa shape index (κ2) is 7.21. The Bertz CT molecular complexity index is 652. The Balaban J connectivity index is 1.30. The van der Waals surface area contributed by atoms with Gasteiger partial charge in [-0.3, -0.25) is 0 Å². The molecular weight excluding hydrogens is 322 g/mol. The number of rotatable bonds is 5. The van der Waals surface area contributed by atoms with Crippen molar-refractivity contribution in [2.24, 2.45) is 0 Å². The summed E-state index contributed by atoms with van der Waals surface area (Å²) in [5, 5.41) is 3.63. The van der Waals surface area contributed by atoms with E-state index < -0.39 is 0 Å². The highest BCUT2D eigenvalue weighted by Gasteiger charge is 2.40. The first-order chi connectivity index (χ1) is 11.8. The first-order valence-corrected chi connectivity index (χ1v) is 9.74. The number of para-hydroxylation sites is 1. The van der Waals surface area contributed by atoms with Gasteiger partial charge < -0.3 is 19.2 Å². The zero-order valence-electron chi connectivity index (χ0n) is 13.7. The van der Waals surface area contributed by atoms with Crippen LogP contribution in [0.25, 0.3) is 0 Å². The lowest BCUT2D eigenvalue weighted by Crippen LogP contribution is -2.47. The van der Waals surface area contributed by atoms with Crippen LogP contribution in [0.15, 0.2) is 46.9 Å². The Morgan fingerprint density at radius 2 is 2.12 bits per heavy atom. The van der Waals surface area contributed by atoms with Crippen LogP contribution in [0.3, 0.4) is 0 Å². The van der Waals surface area contributed by atoms with Crippen molar-refractivity contribution < 1.29 is 13.9 Å². The number of ether oxygens (including phenoxy) is 2. The van der Waals surface area contributed by atoms with Crippen LogP contribution in [-0.4, -0.2) is 29.8 Å². The monoisotopic (exact) mass is 345 g/mol. The maximum atomic E-state index is 6.07. The summed E-state index contributed by atoms with van der Waals surface area (Å²) in [6, 6.07) is 14.1. The average molecular weight is 345 g/mol. The van der Waals surface area contributed by atoms with Crippen LogP contribution in [-0.2, 0) is 11.3 Å². The Hall–Kier alpha value is -1.43. The molecule has 0 unspecified atom stereocenters. The quantitative estimate of drug-likeness (QED) is 0.879. The lowest BCUT2D eigenvalue weighted by atomic mass is 9.90. The van der Waals surface area contributed by atoms with Crippen LogP contribution in [0.5, 0.6) is 11.7 Å². The minimum absolute atomic E-state index is 0.116. The van der Waals surface area contributed by atoms with Gasteiger partial charge in [-0.2, -0.15) is 11.8 Å². The zero-order valence-corrected chi connectivity index (χ0v) is 14.5. The largest absolute Gasteiger partial charge is 0.429 e. The Morgan fingerprint density at radius 1 is 1.21 bits per heavy atom. The highest BCUT2D eigenvalue weighted by molar-refractivity contribution is 7.99. The van der Waals surface area contributed by atoms with Crippen molar-refractivity contribution in [3.05, 3.63) is 48.2 Å². The molecule has 2 saturated heterocycles. The number of thioether (sulfide) groups is 1. The van der Waals surface area contributed by atoms with E-state index in [1.165, 1.54) is 12.2 Å². The molecule has 1 aromatic heterocycles. The molecule has 4 rings (SSSR count). The molecule has 2 aromatic rings. The maximum absolute atomic E-state index is 6.07. The van der Waals surface area contributed by atoms with Gasteiger partial charge in [-0.25, -0.2) is 0 Å². The standard InChI is InChI=1S/C19H23NO3S/c1-2-4-16(5-3-1)22-18-7-6-17(23-18)13-20-15-8-10-21-19(12-15)9-11-24-14-19/h1-7,15,20H,8-14H2/t15-,19-/m1/s1. The molecule has 0 amide bonds. The fourth-order valence-electron chi connectivity index (χ4n) is 3.42. The number of nitrogens with one attached hydrogen (secondary N) is 1. The van der Waals surface area contributed by atoms with Crippen molar-refractivity contribution in [3.63, 3.8) is 0 Å². The third kappa shape index (κ3) is 3.79. The molecular formula is C19H23NO3S. The van der Waals surface area contributed by atoms with Crippen molar-refractivity contribution in [2.45, 2.75) is 37.5 Å². The molecule has 4 nitrogen and oxygen atoms in total. The van der Waals surface area contributed by atoms with Gasteiger partial charge in [-0.05, 0) is 43.2 Å². The van der Waals surface area contributed by atoms with E-state index in [-0.39, 0.29) is 5.60 Å². The van der Waals surface area contributed by atoms with Crippen molar-refractivity contribution in [1.29, 1.82) is 0 Å². The molecule has 0 saturated carbocycles.